The average molecular weight is 403 g/mol. The van der Waals surface area contributed by atoms with Crippen LogP contribution in [0.25, 0.3) is 11.0 Å². The number of para-hydroxylation sites is 2. The molecular formula is C17H15BrN4OS. The van der Waals surface area contributed by atoms with E-state index in [0.717, 1.165) is 26.2 Å². The summed E-state index contributed by atoms with van der Waals surface area (Å²) in [6.07, 6.45) is 1.62. The van der Waals surface area contributed by atoms with Crippen molar-refractivity contribution in [3.63, 3.8) is 0 Å². The number of hydrazone groups is 1. The third kappa shape index (κ3) is 4.04. The maximum Gasteiger partial charge on any atom is 0.250 e. The van der Waals surface area contributed by atoms with Crippen molar-refractivity contribution >= 4 is 50.8 Å². The zero-order chi connectivity index (χ0) is 16.9. The molecule has 7 heteroatoms. The van der Waals surface area contributed by atoms with Crippen LogP contribution in [0.3, 0.4) is 0 Å². The van der Waals surface area contributed by atoms with Gasteiger partial charge in [0, 0.05) is 11.5 Å². The van der Waals surface area contributed by atoms with E-state index in [-0.39, 0.29) is 11.7 Å². The fraction of sp³-hybridized carbons (Fsp3) is 0.118. The van der Waals surface area contributed by atoms with Gasteiger partial charge in [-0.25, -0.2) is 10.4 Å². The van der Waals surface area contributed by atoms with Gasteiger partial charge in [-0.2, -0.15) is 5.10 Å². The van der Waals surface area contributed by atoms with Crippen molar-refractivity contribution in [2.75, 3.05) is 5.75 Å². The molecule has 0 atom stereocenters. The van der Waals surface area contributed by atoms with Gasteiger partial charge in [0.05, 0.1) is 23.0 Å². The molecule has 0 radical (unpaired) electrons. The van der Waals surface area contributed by atoms with Crippen molar-refractivity contribution in [2.45, 2.75) is 5.16 Å². The van der Waals surface area contributed by atoms with Crippen LogP contribution in [0, 0.1) is 0 Å². The van der Waals surface area contributed by atoms with Crippen molar-refractivity contribution < 1.29 is 4.79 Å². The van der Waals surface area contributed by atoms with E-state index in [4.69, 9.17) is 0 Å². The van der Waals surface area contributed by atoms with Crippen molar-refractivity contribution in [3.05, 3.63) is 58.6 Å². The van der Waals surface area contributed by atoms with Gasteiger partial charge in [0.25, 0.3) is 5.91 Å². The van der Waals surface area contributed by atoms with Crippen LogP contribution < -0.4 is 5.43 Å². The highest BCUT2D eigenvalue weighted by Gasteiger charge is 2.09. The topological polar surface area (TPSA) is 59.3 Å². The number of nitrogens with one attached hydrogen (secondary N) is 1. The Morgan fingerprint density at radius 3 is 2.79 bits per heavy atom. The minimum absolute atomic E-state index is 0.166. The van der Waals surface area contributed by atoms with Crippen LogP contribution in [0.15, 0.2) is 63.3 Å². The molecule has 0 aliphatic carbocycles. The number of halogens is 1. The molecule has 3 rings (SSSR count). The molecule has 0 spiro atoms. The van der Waals surface area contributed by atoms with Crippen molar-refractivity contribution in [1.29, 1.82) is 0 Å². The zero-order valence-corrected chi connectivity index (χ0v) is 15.3. The first-order valence-electron chi connectivity index (χ1n) is 7.25. The normalized spacial score (nSPS) is 11.2. The van der Waals surface area contributed by atoms with Crippen molar-refractivity contribution in [3.8, 4) is 0 Å². The summed E-state index contributed by atoms with van der Waals surface area (Å²) in [5.74, 6) is 0.0925. The number of fused-ring (bicyclic) bond motifs is 1. The minimum Gasteiger partial charge on any atom is -0.322 e. The molecule has 1 N–H and O–H groups in total. The third-order valence-electron chi connectivity index (χ3n) is 3.35. The molecule has 0 aliphatic heterocycles. The van der Waals surface area contributed by atoms with E-state index in [9.17, 15) is 4.79 Å². The van der Waals surface area contributed by atoms with Crippen LogP contribution in [-0.4, -0.2) is 27.4 Å². The number of hydrogen-bond acceptors (Lipinski definition) is 4. The number of carbonyl (C=O) groups is 1. The molecule has 5 nitrogen and oxygen atoms in total. The molecule has 3 aromatic rings. The van der Waals surface area contributed by atoms with Crippen LogP contribution in [-0.2, 0) is 11.8 Å². The molecule has 0 bridgehead atoms. The van der Waals surface area contributed by atoms with E-state index < -0.39 is 0 Å². The number of hydrogen-bond donors (Lipinski definition) is 1. The summed E-state index contributed by atoms with van der Waals surface area (Å²) in [5.41, 5.74) is 5.42. The molecule has 0 saturated heterocycles. The summed E-state index contributed by atoms with van der Waals surface area (Å²) >= 11 is 4.76. The second kappa shape index (κ2) is 7.63. The van der Waals surface area contributed by atoms with E-state index in [2.05, 4.69) is 31.4 Å². The zero-order valence-electron chi connectivity index (χ0n) is 12.9. The predicted molar refractivity (Wildman–Crippen MR) is 101 cm³/mol. The first-order chi connectivity index (χ1) is 11.6. The summed E-state index contributed by atoms with van der Waals surface area (Å²) in [4.78, 5) is 16.4. The Balaban J connectivity index is 1.55. The Morgan fingerprint density at radius 2 is 2.04 bits per heavy atom. The quantitative estimate of drug-likeness (QED) is 0.403. The average Bonchev–Trinajstić information content (AvgIpc) is 2.91. The highest BCUT2D eigenvalue weighted by Crippen LogP contribution is 2.22. The number of nitrogens with zero attached hydrogens (tertiary/aromatic N) is 3. The molecule has 0 saturated carbocycles. The predicted octanol–water partition coefficient (Wildman–Crippen LogP) is 3.58. The molecule has 0 aliphatic rings. The van der Waals surface area contributed by atoms with Gasteiger partial charge in [0.1, 0.15) is 0 Å². The number of rotatable bonds is 5. The number of aryl methyl sites for hydroxylation is 1. The van der Waals surface area contributed by atoms with E-state index in [0.29, 0.717) is 0 Å². The summed E-state index contributed by atoms with van der Waals surface area (Å²) in [6, 6.07) is 15.6. The number of thioether (sulfide) groups is 1. The number of amides is 1. The monoisotopic (exact) mass is 402 g/mol. The molecule has 1 aromatic heterocycles. The molecule has 1 heterocycles. The van der Waals surface area contributed by atoms with Gasteiger partial charge >= 0.3 is 0 Å². The lowest BCUT2D eigenvalue weighted by molar-refractivity contribution is -0.118. The molecule has 0 unspecified atom stereocenters. The summed E-state index contributed by atoms with van der Waals surface area (Å²) in [7, 11) is 1.95. The fourth-order valence-corrected chi connectivity index (χ4v) is 3.19. The second-order valence-electron chi connectivity index (χ2n) is 5.08. The van der Waals surface area contributed by atoms with Crippen LogP contribution in [0.5, 0.6) is 0 Å². The summed E-state index contributed by atoms with van der Waals surface area (Å²) in [6.45, 7) is 0. The van der Waals surface area contributed by atoms with Crippen LogP contribution >= 0.6 is 27.7 Å². The number of benzene rings is 2. The van der Waals surface area contributed by atoms with Gasteiger partial charge in [0.2, 0.25) is 0 Å². The Morgan fingerprint density at radius 1 is 1.29 bits per heavy atom. The Kier molecular flexibility index (Phi) is 5.32. The third-order valence-corrected chi connectivity index (χ3v) is 4.91. The second-order valence-corrected chi connectivity index (χ2v) is 6.93. The molecule has 2 aromatic carbocycles. The number of carbonyl (C=O) groups excluding carboxylic acids is 1. The van der Waals surface area contributed by atoms with Gasteiger partial charge in [-0.3, -0.25) is 4.79 Å². The van der Waals surface area contributed by atoms with Gasteiger partial charge in [0.15, 0.2) is 5.16 Å². The molecule has 1 amide bonds. The Hall–Kier alpha value is -2.12. The summed E-state index contributed by atoms with van der Waals surface area (Å²) < 4.78 is 2.99. The standard InChI is InChI=1S/C17H15BrN4OS/c1-22-15-5-3-2-4-14(15)20-17(22)24-11-16(23)21-19-10-12-6-8-13(18)9-7-12/h2-10H,11H2,1H3,(H,21,23)/b19-10-. The van der Waals surface area contributed by atoms with E-state index in [1.807, 2.05) is 60.1 Å². The van der Waals surface area contributed by atoms with E-state index in [1.54, 1.807) is 6.21 Å². The van der Waals surface area contributed by atoms with E-state index >= 15 is 0 Å². The number of imidazole rings is 1. The molecule has 0 fully saturated rings. The van der Waals surface area contributed by atoms with Gasteiger partial charge in [-0.15, -0.1) is 0 Å². The first-order valence-corrected chi connectivity index (χ1v) is 9.03. The SMILES string of the molecule is Cn1c(SCC(=O)N/N=C\c2ccc(Br)cc2)nc2ccccc21. The maximum absolute atomic E-state index is 11.9. The highest BCUT2D eigenvalue weighted by molar-refractivity contribution is 9.10. The highest BCUT2D eigenvalue weighted by atomic mass is 79.9. The molecular weight excluding hydrogens is 388 g/mol. The first kappa shape index (κ1) is 16.7. The lowest BCUT2D eigenvalue weighted by atomic mass is 10.2. The van der Waals surface area contributed by atoms with E-state index in [1.165, 1.54) is 11.8 Å². The molecule has 122 valence electrons. The Labute approximate surface area is 152 Å². The maximum atomic E-state index is 11.9. The lowest BCUT2D eigenvalue weighted by Crippen LogP contribution is -2.19. The van der Waals surface area contributed by atoms with Crippen molar-refractivity contribution in [2.24, 2.45) is 12.1 Å². The van der Waals surface area contributed by atoms with Crippen LogP contribution in [0.1, 0.15) is 5.56 Å². The lowest BCUT2D eigenvalue weighted by Gasteiger charge is -2.01. The number of aromatic nitrogens is 2. The minimum atomic E-state index is -0.166. The fourth-order valence-electron chi connectivity index (χ4n) is 2.14. The van der Waals surface area contributed by atoms with Crippen molar-refractivity contribution in [1.82, 2.24) is 15.0 Å². The molecule has 24 heavy (non-hydrogen) atoms. The van der Waals surface area contributed by atoms with Crippen LogP contribution in [0.4, 0.5) is 0 Å². The summed E-state index contributed by atoms with van der Waals surface area (Å²) in [5, 5.41) is 4.78. The van der Waals surface area contributed by atoms with Gasteiger partial charge in [-0.1, -0.05) is 52.0 Å². The van der Waals surface area contributed by atoms with Crippen LogP contribution in [0.2, 0.25) is 0 Å². The van der Waals surface area contributed by atoms with Gasteiger partial charge in [-0.05, 0) is 29.8 Å². The van der Waals surface area contributed by atoms with Gasteiger partial charge < -0.3 is 4.57 Å². The largest absolute Gasteiger partial charge is 0.322 e. The smallest absolute Gasteiger partial charge is 0.250 e. The Bertz CT molecular complexity index is 889.